The van der Waals surface area contributed by atoms with Crippen molar-refractivity contribution in [3.05, 3.63) is 57.3 Å². The lowest BCUT2D eigenvalue weighted by Gasteiger charge is -2.30. The number of benzene rings is 1. The van der Waals surface area contributed by atoms with Crippen molar-refractivity contribution < 1.29 is 0 Å². The van der Waals surface area contributed by atoms with Crippen molar-refractivity contribution in [2.24, 2.45) is 0 Å². The molecule has 0 radical (unpaired) electrons. The predicted octanol–water partition coefficient (Wildman–Crippen LogP) is 2.94. The van der Waals surface area contributed by atoms with Crippen LogP contribution >= 0.6 is 22.7 Å². The molecule has 0 bridgehead atoms. The van der Waals surface area contributed by atoms with Crippen LogP contribution in [0.15, 0.2) is 46.6 Å². The average Bonchev–Trinajstić information content (AvgIpc) is 3.43. The van der Waals surface area contributed by atoms with Gasteiger partial charge in [0.1, 0.15) is 11.7 Å². The monoisotopic (exact) mass is 398 g/mol. The number of tetrazole rings is 1. The fourth-order valence-corrected chi connectivity index (χ4v) is 5.27. The first-order valence-corrected chi connectivity index (χ1v) is 10.6. The van der Waals surface area contributed by atoms with Crippen LogP contribution in [0.2, 0.25) is 0 Å². The quantitative estimate of drug-likeness (QED) is 0.529. The summed E-state index contributed by atoms with van der Waals surface area (Å²) in [5.41, 5.74) is 0.905. The van der Waals surface area contributed by atoms with Crippen molar-refractivity contribution in [1.82, 2.24) is 29.7 Å². The third-order valence-electron chi connectivity index (χ3n) is 4.94. The van der Waals surface area contributed by atoms with Gasteiger partial charge in [0.25, 0.3) is 0 Å². The highest BCUT2D eigenvalue weighted by Gasteiger charge is 2.24. The van der Waals surface area contributed by atoms with Crippen molar-refractivity contribution in [2.75, 3.05) is 13.1 Å². The first-order chi connectivity index (χ1) is 13.3. The number of nitrogens with zero attached hydrogens (tertiary/aromatic N) is 6. The normalized spacial score (nSPS) is 16.3. The van der Waals surface area contributed by atoms with E-state index >= 15 is 0 Å². The molecule has 3 aromatic heterocycles. The maximum Gasteiger partial charge on any atom is 0.370 e. The molecular formula is C18H18N6OS2. The van der Waals surface area contributed by atoms with Gasteiger partial charge < -0.3 is 0 Å². The van der Waals surface area contributed by atoms with Gasteiger partial charge in [-0.25, -0.2) is 9.78 Å². The number of piperidine rings is 1. The Bertz CT molecular complexity index is 1070. The summed E-state index contributed by atoms with van der Waals surface area (Å²) in [6.45, 7) is 2.34. The zero-order valence-electron chi connectivity index (χ0n) is 14.6. The van der Waals surface area contributed by atoms with Crippen molar-refractivity contribution in [3.8, 4) is 5.00 Å². The molecule has 5 rings (SSSR count). The number of fused-ring (bicyclic) bond motifs is 1. The number of aromatic nitrogens is 5. The first-order valence-electron chi connectivity index (χ1n) is 8.92. The molecule has 9 heteroatoms. The van der Waals surface area contributed by atoms with Gasteiger partial charge in [0.2, 0.25) is 0 Å². The molecule has 0 saturated carbocycles. The van der Waals surface area contributed by atoms with Crippen molar-refractivity contribution in [3.63, 3.8) is 0 Å². The molecule has 0 unspecified atom stereocenters. The van der Waals surface area contributed by atoms with Gasteiger partial charge in [-0.15, -0.1) is 22.7 Å². The highest BCUT2D eigenvalue weighted by molar-refractivity contribution is 7.18. The molecule has 7 nitrogen and oxygen atoms in total. The van der Waals surface area contributed by atoms with Crippen molar-refractivity contribution in [2.45, 2.75) is 25.4 Å². The molecule has 0 aliphatic carbocycles. The second-order valence-electron chi connectivity index (χ2n) is 6.68. The molecular weight excluding hydrogens is 380 g/mol. The Hall–Kier alpha value is -2.36. The van der Waals surface area contributed by atoms with E-state index in [1.807, 2.05) is 23.6 Å². The highest BCUT2D eigenvalue weighted by Crippen LogP contribution is 2.33. The summed E-state index contributed by atoms with van der Waals surface area (Å²) in [5.74, 6) is 0.497. The summed E-state index contributed by atoms with van der Waals surface area (Å²) in [4.78, 5) is 19.6. The summed E-state index contributed by atoms with van der Waals surface area (Å²) >= 11 is 3.28. The van der Waals surface area contributed by atoms with Crippen LogP contribution < -0.4 is 5.69 Å². The van der Waals surface area contributed by atoms with E-state index < -0.39 is 0 Å². The van der Waals surface area contributed by atoms with E-state index in [4.69, 9.17) is 4.98 Å². The van der Waals surface area contributed by atoms with Crippen LogP contribution in [0, 0.1) is 0 Å². The number of hydrogen-bond acceptors (Lipinski definition) is 7. The average molecular weight is 399 g/mol. The minimum atomic E-state index is -0.189. The topological polar surface area (TPSA) is 68.8 Å². The number of hydrogen-bond donors (Lipinski definition) is 0. The lowest BCUT2D eigenvalue weighted by atomic mass is 9.98. The fourth-order valence-electron chi connectivity index (χ4n) is 3.47. The lowest BCUT2D eigenvalue weighted by Crippen LogP contribution is -2.38. The Labute approximate surface area is 163 Å². The number of para-hydroxylation sites is 1. The highest BCUT2D eigenvalue weighted by atomic mass is 32.1. The zero-order chi connectivity index (χ0) is 18.2. The van der Waals surface area contributed by atoms with Crippen molar-refractivity contribution in [1.29, 1.82) is 0 Å². The molecule has 4 heterocycles. The summed E-state index contributed by atoms with van der Waals surface area (Å²) < 4.78 is 4.06. The molecule has 0 spiro atoms. The number of rotatable bonds is 4. The summed E-state index contributed by atoms with van der Waals surface area (Å²) in [6, 6.07) is 12.1. The predicted molar refractivity (Wildman–Crippen MR) is 107 cm³/mol. The second-order valence-corrected chi connectivity index (χ2v) is 8.67. The van der Waals surface area contributed by atoms with Gasteiger partial charge >= 0.3 is 5.69 Å². The number of likely N-dealkylation sites (tertiary alicyclic amines) is 1. The van der Waals surface area contributed by atoms with Gasteiger partial charge in [0, 0.05) is 19.0 Å². The maximum atomic E-state index is 12.5. The Balaban J connectivity index is 1.25. The van der Waals surface area contributed by atoms with Crippen LogP contribution in [-0.4, -0.2) is 42.8 Å². The van der Waals surface area contributed by atoms with Crippen LogP contribution in [0.4, 0.5) is 0 Å². The summed E-state index contributed by atoms with van der Waals surface area (Å²) in [7, 11) is 0. The van der Waals surface area contributed by atoms with E-state index in [9.17, 15) is 4.79 Å². The number of thiophene rings is 1. The molecule has 27 heavy (non-hydrogen) atoms. The molecule has 1 saturated heterocycles. The van der Waals surface area contributed by atoms with Gasteiger partial charge in [0.05, 0.1) is 15.2 Å². The van der Waals surface area contributed by atoms with E-state index in [0.29, 0.717) is 12.6 Å². The van der Waals surface area contributed by atoms with Crippen LogP contribution in [0.1, 0.15) is 23.8 Å². The SMILES string of the molecule is O=c1n(CN2CCC(c3nc4ccccc4s3)CC2)nnn1-c1cccs1. The summed E-state index contributed by atoms with van der Waals surface area (Å²) in [6.07, 6.45) is 2.10. The largest absolute Gasteiger partial charge is 0.370 e. The molecule has 1 fully saturated rings. The van der Waals surface area contributed by atoms with Crippen LogP contribution in [-0.2, 0) is 6.67 Å². The van der Waals surface area contributed by atoms with Gasteiger partial charge in [-0.3, -0.25) is 4.90 Å². The first kappa shape index (κ1) is 16.8. The molecule has 1 aliphatic rings. The van der Waals surface area contributed by atoms with E-state index in [1.165, 1.54) is 30.4 Å². The van der Waals surface area contributed by atoms with Crippen LogP contribution in [0.5, 0.6) is 0 Å². The van der Waals surface area contributed by atoms with Gasteiger partial charge in [0.15, 0.2) is 0 Å². The fraction of sp³-hybridized carbons (Fsp3) is 0.333. The maximum absolute atomic E-state index is 12.5. The second kappa shape index (κ2) is 6.99. The molecule has 1 aromatic carbocycles. The summed E-state index contributed by atoms with van der Waals surface area (Å²) in [5, 5.41) is 12.0. The Kier molecular flexibility index (Phi) is 4.35. The zero-order valence-corrected chi connectivity index (χ0v) is 16.2. The Morgan fingerprint density at radius 3 is 2.70 bits per heavy atom. The molecule has 1 aliphatic heterocycles. The van der Waals surface area contributed by atoms with E-state index in [-0.39, 0.29) is 5.69 Å². The van der Waals surface area contributed by atoms with Gasteiger partial charge in [-0.05, 0) is 52.9 Å². The molecule has 0 amide bonds. The van der Waals surface area contributed by atoms with E-state index in [2.05, 4.69) is 33.5 Å². The van der Waals surface area contributed by atoms with E-state index in [1.54, 1.807) is 11.3 Å². The minimum absolute atomic E-state index is 0.189. The van der Waals surface area contributed by atoms with Gasteiger partial charge in [-0.2, -0.15) is 9.36 Å². The van der Waals surface area contributed by atoms with Gasteiger partial charge in [-0.1, -0.05) is 12.1 Å². The lowest BCUT2D eigenvalue weighted by molar-refractivity contribution is 0.158. The molecule has 0 atom stereocenters. The molecule has 4 aromatic rings. The third-order valence-corrected chi connectivity index (χ3v) is 6.98. The molecule has 138 valence electrons. The Morgan fingerprint density at radius 1 is 1.07 bits per heavy atom. The number of thiazole rings is 1. The smallest absolute Gasteiger partial charge is 0.284 e. The Morgan fingerprint density at radius 2 is 1.93 bits per heavy atom. The standard InChI is InChI=1S/C18H18N6OS2/c25-18-23(20-21-24(18)16-6-3-11-26-16)12-22-9-7-13(8-10-22)17-19-14-4-1-2-5-15(14)27-17/h1-6,11,13H,7-10,12H2. The van der Waals surface area contributed by atoms with Crippen molar-refractivity contribution >= 4 is 32.9 Å². The third kappa shape index (κ3) is 3.22. The van der Waals surface area contributed by atoms with Crippen LogP contribution in [0.3, 0.4) is 0 Å². The van der Waals surface area contributed by atoms with E-state index in [0.717, 1.165) is 36.4 Å². The molecule has 0 N–H and O–H groups in total. The van der Waals surface area contributed by atoms with Crippen LogP contribution in [0.25, 0.3) is 15.2 Å². The minimum Gasteiger partial charge on any atom is -0.284 e.